The predicted molar refractivity (Wildman–Crippen MR) is 84.7 cm³/mol. The van der Waals surface area contributed by atoms with Crippen molar-refractivity contribution in [3.8, 4) is 0 Å². The summed E-state index contributed by atoms with van der Waals surface area (Å²) in [5, 5.41) is 2.13. The van der Waals surface area contributed by atoms with E-state index >= 15 is 0 Å². The molecule has 1 aliphatic heterocycles. The van der Waals surface area contributed by atoms with Crippen LogP contribution < -0.4 is 0 Å². The van der Waals surface area contributed by atoms with Gasteiger partial charge in [0.2, 0.25) is 0 Å². The Morgan fingerprint density at radius 2 is 2.00 bits per heavy atom. The average Bonchev–Trinajstić information content (AvgIpc) is 2.50. The summed E-state index contributed by atoms with van der Waals surface area (Å²) in [6.45, 7) is 4.52. The number of carbonyl (C=O) groups excluding carboxylic acids is 1. The van der Waals surface area contributed by atoms with Crippen molar-refractivity contribution in [1.82, 2.24) is 14.8 Å². The van der Waals surface area contributed by atoms with Gasteiger partial charge in [0.25, 0.3) is 5.91 Å². The number of benzene rings is 1. The van der Waals surface area contributed by atoms with Crippen LogP contribution in [0.4, 0.5) is 0 Å². The van der Waals surface area contributed by atoms with Gasteiger partial charge in [-0.05, 0) is 19.4 Å². The Balaban J connectivity index is 1.97. The predicted octanol–water partition coefficient (Wildman–Crippen LogP) is 2.66. The van der Waals surface area contributed by atoms with Gasteiger partial charge < -0.3 is 9.80 Å². The van der Waals surface area contributed by atoms with Gasteiger partial charge in [0, 0.05) is 37.3 Å². The maximum Gasteiger partial charge on any atom is 0.256 e. The topological polar surface area (TPSA) is 36.4 Å². The summed E-state index contributed by atoms with van der Waals surface area (Å²) < 4.78 is 0. The number of likely N-dealkylation sites (N-methyl/N-ethyl adjacent to an activating group) is 1. The molecule has 1 aromatic heterocycles. The molecule has 0 spiro atoms. The van der Waals surface area contributed by atoms with Crippen molar-refractivity contribution in [2.75, 3.05) is 26.7 Å². The fourth-order valence-corrected chi connectivity index (χ4v) is 2.95. The highest BCUT2D eigenvalue weighted by atomic mass is 35.5. The van der Waals surface area contributed by atoms with E-state index in [-0.39, 0.29) is 5.91 Å². The first-order valence-electron chi connectivity index (χ1n) is 7.10. The lowest BCUT2D eigenvalue weighted by Gasteiger charge is -2.37. The van der Waals surface area contributed by atoms with Gasteiger partial charge in [-0.2, -0.15) is 0 Å². The molecule has 4 nitrogen and oxygen atoms in total. The summed E-state index contributed by atoms with van der Waals surface area (Å²) in [6, 6.07) is 8.02. The third-order valence-electron chi connectivity index (χ3n) is 4.22. The minimum atomic E-state index is 0.0373. The zero-order chi connectivity index (χ0) is 15.0. The zero-order valence-electron chi connectivity index (χ0n) is 12.2. The first-order chi connectivity index (χ1) is 10.1. The number of fused-ring (bicyclic) bond motifs is 1. The molecule has 1 aromatic carbocycles. The normalized spacial score (nSPS) is 20.0. The van der Waals surface area contributed by atoms with Crippen LogP contribution in [0.15, 0.2) is 30.5 Å². The van der Waals surface area contributed by atoms with Crippen molar-refractivity contribution < 1.29 is 4.79 Å². The molecule has 1 fully saturated rings. The highest BCUT2D eigenvalue weighted by molar-refractivity contribution is 6.34. The van der Waals surface area contributed by atoms with E-state index in [9.17, 15) is 4.79 Å². The molecular formula is C16H18ClN3O. The molecule has 0 radical (unpaired) electrons. The number of piperazine rings is 1. The summed E-state index contributed by atoms with van der Waals surface area (Å²) in [5.74, 6) is 0.0373. The Kier molecular flexibility index (Phi) is 3.83. The molecule has 0 saturated carbocycles. The van der Waals surface area contributed by atoms with Gasteiger partial charge in [0.15, 0.2) is 0 Å². The second kappa shape index (κ2) is 5.62. The zero-order valence-corrected chi connectivity index (χ0v) is 13.0. The molecule has 1 amide bonds. The molecule has 2 aromatic rings. The monoisotopic (exact) mass is 303 g/mol. The lowest BCUT2D eigenvalue weighted by Crippen LogP contribution is -2.52. The Labute approximate surface area is 129 Å². The van der Waals surface area contributed by atoms with Crippen molar-refractivity contribution in [2.24, 2.45) is 0 Å². The summed E-state index contributed by atoms with van der Waals surface area (Å²) >= 11 is 6.12. The van der Waals surface area contributed by atoms with Crippen LogP contribution in [0, 0.1) is 0 Å². The standard InChI is InChI=1S/C16H18ClN3O/c1-11-10-20(8-7-19(11)2)16(21)14-9-18-15(17)13-6-4-3-5-12(13)14/h3-6,9,11H,7-8,10H2,1-2H3. The lowest BCUT2D eigenvalue weighted by molar-refractivity contribution is 0.0574. The van der Waals surface area contributed by atoms with Gasteiger partial charge in [0.05, 0.1) is 5.56 Å². The van der Waals surface area contributed by atoms with E-state index < -0.39 is 0 Å². The van der Waals surface area contributed by atoms with Gasteiger partial charge in [-0.3, -0.25) is 4.79 Å². The Hall–Kier alpha value is -1.65. The van der Waals surface area contributed by atoms with Crippen molar-refractivity contribution in [2.45, 2.75) is 13.0 Å². The van der Waals surface area contributed by atoms with Crippen LogP contribution in [0.5, 0.6) is 0 Å². The van der Waals surface area contributed by atoms with Crippen LogP contribution >= 0.6 is 11.6 Å². The maximum absolute atomic E-state index is 12.8. The SMILES string of the molecule is CC1CN(C(=O)c2cnc(Cl)c3ccccc23)CCN1C. The Bertz CT molecular complexity index is 688. The molecule has 1 saturated heterocycles. The number of aromatic nitrogens is 1. The van der Waals surface area contributed by atoms with Gasteiger partial charge in [0.1, 0.15) is 5.15 Å². The number of carbonyl (C=O) groups is 1. The van der Waals surface area contributed by atoms with Crippen molar-refractivity contribution in [3.63, 3.8) is 0 Å². The quantitative estimate of drug-likeness (QED) is 0.760. The second-order valence-electron chi connectivity index (χ2n) is 5.59. The first kappa shape index (κ1) is 14.3. The molecule has 5 heteroatoms. The van der Waals surface area contributed by atoms with Crippen LogP contribution in [-0.2, 0) is 0 Å². The highest BCUT2D eigenvalue weighted by Crippen LogP contribution is 2.25. The van der Waals surface area contributed by atoms with Crippen LogP contribution in [0.25, 0.3) is 10.8 Å². The second-order valence-corrected chi connectivity index (χ2v) is 5.95. The van der Waals surface area contributed by atoms with E-state index in [0.29, 0.717) is 16.8 Å². The summed E-state index contributed by atoms with van der Waals surface area (Å²) in [6.07, 6.45) is 1.59. The van der Waals surface area contributed by atoms with Gasteiger partial charge >= 0.3 is 0 Å². The molecule has 0 N–H and O–H groups in total. The molecule has 110 valence electrons. The van der Waals surface area contributed by atoms with E-state index in [1.165, 1.54) is 0 Å². The third-order valence-corrected chi connectivity index (χ3v) is 4.52. The maximum atomic E-state index is 12.8. The largest absolute Gasteiger partial charge is 0.336 e. The summed E-state index contributed by atoms with van der Waals surface area (Å²) in [5.41, 5.74) is 0.631. The number of halogens is 1. The fourth-order valence-electron chi connectivity index (χ4n) is 2.73. The minimum absolute atomic E-state index is 0.0373. The lowest BCUT2D eigenvalue weighted by atomic mass is 10.1. The third kappa shape index (κ3) is 2.61. The van der Waals surface area contributed by atoms with Gasteiger partial charge in [-0.25, -0.2) is 4.98 Å². The van der Waals surface area contributed by atoms with Crippen LogP contribution in [-0.4, -0.2) is 53.4 Å². The van der Waals surface area contributed by atoms with E-state index in [1.807, 2.05) is 29.2 Å². The van der Waals surface area contributed by atoms with Gasteiger partial charge in [-0.1, -0.05) is 35.9 Å². The fraction of sp³-hybridized carbons (Fsp3) is 0.375. The minimum Gasteiger partial charge on any atom is -0.336 e. The van der Waals surface area contributed by atoms with E-state index in [0.717, 1.165) is 30.4 Å². The van der Waals surface area contributed by atoms with Crippen molar-refractivity contribution in [3.05, 3.63) is 41.2 Å². The van der Waals surface area contributed by atoms with Crippen LogP contribution in [0.3, 0.4) is 0 Å². The molecule has 2 heterocycles. The van der Waals surface area contributed by atoms with Crippen LogP contribution in [0.1, 0.15) is 17.3 Å². The Morgan fingerprint density at radius 1 is 1.29 bits per heavy atom. The molecule has 1 atom stereocenters. The van der Waals surface area contributed by atoms with E-state index in [2.05, 4.69) is 23.9 Å². The smallest absolute Gasteiger partial charge is 0.256 e. The van der Waals surface area contributed by atoms with E-state index in [1.54, 1.807) is 6.20 Å². The summed E-state index contributed by atoms with van der Waals surface area (Å²) in [4.78, 5) is 21.1. The van der Waals surface area contributed by atoms with Crippen molar-refractivity contribution in [1.29, 1.82) is 0 Å². The first-order valence-corrected chi connectivity index (χ1v) is 7.48. The van der Waals surface area contributed by atoms with Crippen molar-refractivity contribution >= 4 is 28.3 Å². The molecule has 21 heavy (non-hydrogen) atoms. The molecule has 1 aliphatic rings. The number of nitrogens with zero attached hydrogens (tertiary/aromatic N) is 3. The number of rotatable bonds is 1. The molecular weight excluding hydrogens is 286 g/mol. The number of amides is 1. The number of hydrogen-bond acceptors (Lipinski definition) is 3. The molecule has 3 rings (SSSR count). The summed E-state index contributed by atoms with van der Waals surface area (Å²) in [7, 11) is 2.09. The number of hydrogen-bond donors (Lipinski definition) is 0. The molecule has 0 aliphatic carbocycles. The van der Waals surface area contributed by atoms with E-state index in [4.69, 9.17) is 11.6 Å². The average molecular weight is 304 g/mol. The number of pyridine rings is 1. The van der Waals surface area contributed by atoms with Crippen LogP contribution in [0.2, 0.25) is 5.15 Å². The molecule has 0 bridgehead atoms. The highest BCUT2D eigenvalue weighted by Gasteiger charge is 2.26. The van der Waals surface area contributed by atoms with Gasteiger partial charge in [-0.15, -0.1) is 0 Å². The Morgan fingerprint density at radius 3 is 2.71 bits per heavy atom. The molecule has 1 unspecified atom stereocenters.